The molecular formula is C26H33ClN4O4. The van der Waals surface area contributed by atoms with Crippen LogP contribution in [0.15, 0.2) is 48.5 Å². The van der Waals surface area contributed by atoms with E-state index in [4.69, 9.17) is 11.6 Å². The van der Waals surface area contributed by atoms with Crippen molar-refractivity contribution in [1.29, 1.82) is 0 Å². The first kappa shape index (κ1) is 26.5. The highest BCUT2D eigenvalue weighted by Crippen LogP contribution is 2.33. The van der Waals surface area contributed by atoms with Crippen LogP contribution >= 0.6 is 11.6 Å². The van der Waals surface area contributed by atoms with E-state index in [-0.39, 0.29) is 30.9 Å². The normalized spacial score (nSPS) is 14.8. The smallest absolute Gasteiger partial charge is 0.321 e. The Bertz CT molecular complexity index is 1040. The summed E-state index contributed by atoms with van der Waals surface area (Å²) in [5.41, 5.74) is 1.77. The number of carbonyl (C=O) groups is 3. The van der Waals surface area contributed by atoms with Crippen LogP contribution in [0.2, 0.25) is 5.02 Å². The lowest BCUT2D eigenvalue weighted by Crippen LogP contribution is -2.55. The molecule has 9 heteroatoms. The lowest BCUT2D eigenvalue weighted by molar-refractivity contribution is -0.142. The van der Waals surface area contributed by atoms with Gasteiger partial charge >= 0.3 is 6.03 Å². The number of carbonyl (C=O) groups excluding carboxylic acids is 3. The summed E-state index contributed by atoms with van der Waals surface area (Å²) in [6.45, 7) is 2.60. The van der Waals surface area contributed by atoms with Gasteiger partial charge in [-0.3, -0.25) is 9.59 Å². The molecule has 2 aromatic carbocycles. The Morgan fingerprint density at radius 2 is 1.74 bits per heavy atom. The van der Waals surface area contributed by atoms with Crippen molar-refractivity contribution in [2.45, 2.75) is 32.7 Å². The summed E-state index contributed by atoms with van der Waals surface area (Å²) >= 11 is 6.24. The Morgan fingerprint density at radius 3 is 2.34 bits per heavy atom. The van der Waals surface area contributed by atoms with Gasteiger partial charge in [0.05, 0.1) is 5.41 Å². The van der Waals surface area contributed by atoms with Crippen LogP contribution in [0.3, 0.4) is 0 Å². The molecule has 3 rings (SSSR count). The van der Waals surface area contributed by atoms with Gasteiger partial charge in [0.25, 0.3) is 0 Å². The van der Waals surface area contributed by atoms with Crippen molar-refractivity contribution in [2.75, 3.05) is 38.6 Å². The number of rotatable bonds is 8. The van der Waals surface area contributed by atoms with Crippen LogP contribution in [-0.2, 0) is 22.6 Å². The number of urea groups is 1. The predicted octanol–water partition coefficient (Wildman–Crippen LogP) is 3.28. The minimum atomic E-state index is -0.883. The van der Waals surface area contributed by atoms with Crippen LogP contribution < -0.4 is 10.6 Å². The summed E-state index contributed by atoms with van der Waals surface area (Å²) in [6, 6.07) is 14.6. The molecule has 1 fully saturated rings. The molecule has 1 saturated heterocycles. The second-order valence-electron chi connectivity index (χ2n) is 8.93. The number of hydrogen-bond acceptors (Lipinski definition) is 4. The summed E-state index contributed by atoms with van der Waals surface area (Å²) in [4.78, 5) is 41.4. The highest BCUT2D eigenvalue weighted by molar-refractivity contribution is 6.31. The van der Waals surface area contributed by atoms with Crippen LogP contribution in [0.1, 0.15) is 30.9 Å². The highest BCUT2D eigenvalue weighted by Gasteiger charge is 2.43. The van der Waals surface area contributed by atoms with Gasteiger partial charge in [0, 0.05) is 43.9 Å². The van der Waals surface area contributed by atoms with E-state index >= 15 is 0 Å². The van der Waals surface area contributed by atoms with Crippen molar-refractivity contribution in [3.05, 3.63) is 64.7 Å². The van der Waals surface area contributed by atoms with Crippen molar-refractivity contribution in [3.8, 4) is 0 Å². The molecule has 188 valence electrons. The van der Waals surface area contributed by atoms with Gasteiger partial charge in [-0.15, -0.1) is 0 Å². The number of anilines is 1. The number of aliphatic hydroxyl groups is 1. The molecule has 0 unspecified atom stereocenters. The standard InChI is InChI=1S/C26H33ClN4O4/c1-3-19-8-10-21(11-9-19)29-25(35)30(2)18-26(12-14-31(15-13-26)23(33)17-32)24(34)28-16-20-6-4-5-7-22(20)27/h4-11,32H,3,12-18H2,1-2H3,(H,28,34)(H,29,35). The SMILES string of the molecule is CCc1ccc(NC(=O)N(C)CC2(C(=O)NCc3ccccc3Cl)CCN(C(=O)CO)CC2)cc1. The number of piperidine rings is 1. The fraction of sp³-hybridized carbons (Fsp3) is 0.423. The van der Waals surface area contributed by atoms with E-state index in [2.05, 4.69) is 17.6 Å². The minimum Gasteiger partial charge on any atom is -0.387 e. The lowest BCUT2D eigenvalue weighted by Gasteiger charge is -2.42. The molecule has 35 heavy (non-hydrogen) atoms. The Hall–Kier alpha value is -3.10. The molecule has 0 bridgehead atoms. The number of aryl methyl sites for hydroxylation is 1. The van der Waals surface area contributed by atoms with E-state index < -0.39 is 12.0 Å². The molecule has 4 amide bonds. The number of aliphatic hydroxyl groups excluding tert-OH is 1. The monoisotopic (exact) mass is 500 g/mol. The number of nitrogens with zero attached hydrogens (tertiary/aromatic N) is 2. The van der Waals surface area contributed by atoms with Crippen molar-refractivity contribution in [2.24, 2.45) is 5.41 Å². The zero-order valence-corrected chi connectivity index (χ0v) is 21.0. The van der Waals surface area contributed by atoms with Gasteiger partial charge in [-0.1, -0.05) is 48.9 Å². The third-order valence-electron chi connectivity index (χ3n) is 6.59. The van der Waals surface area contributed by atoms with E-state index in [9.17, 15) is 19.5 Å². The molecule has 1 aliphatic heterocycles. The Morgan fingerprint density at radius 1 is 1.09 bits per heavy atom. The first-order chi connectivity index (χ1) is 16.8. The van der Waals surface area contributed by atoms with Gasteiger partial charge in [-0.25, -0.2) is 4.79 Å². The predicted molar refractivity (Wildman–Crippen MR) is 136 cm³/mol. The third-order valence-corrected chi connectivity index (χ3v) is 6.96. The number of nitrogens with one attached hydrogen (secondary N) is 2. The van der Waals surface area contributed by atoms with Crippen LogP contribution in [0.5, 0.6) is 0 Å². The molecule has 0 spiro atoms. The molecule has 1 aliphatic rings. The van der Waals surface area contributed by atoms with Crippen molar-refractivity contribution >= 4 is 35.1 Å². The molecule has 0 atom stereocenters. The van der Waals surface area contributed by atoms with Gasteiger partial charge in [-0.05, 0) is 48.6 Å². The second-order valence-corrected chi connectivity index (χ2v) is 9.34. The van der Waals surface area contributed by atoms with Crippen LogP contribution in [0.4, 0.5) is 10.5 Å². The molecular weight excluding hydrogens is 468 g/mol. The molecule has 3 N–H and O–H groups in total. The van der Waals surface area contributed by atoms with Crippen LogP contribution in [-0.4, -0.2) is 66.0 Å². The van der Waals surface area contributed by atoms with E-state index in [1.807, 2.05) is 42.5 Å². The van der Waals surface area contributed by atoms with E-state index in [1.54, 1.807) is 18.0 Å². The van der Waals surface area contributed by atoms with Gasteiger partial charge in [0.1, 0.15) is 6.61 Å². The Balaban J connectivity index is 1.71. The number of likely N-dealkylation sites (tertiary alicyclic amines) is 1. The van der Waals surface area contributed by atoms with Crippen molar-refractivity contribution < 1.29 is 19.5 Å². The van der Waals surface area contributed by atoms with Gasteiger partial charge in [0.15, 0.2) is 0 Å². The molecule has 1 heterocycles. The number of hydrogen-bond donors (Lipinski definition) is 3. The summed E-state index contributed by atoms with van der Waals surface area (Å²) in [5, 5.41) is 15.6. The maximum atomic E-state index is 13.5. The van der Waals surface area contributed by atoms with Crippen molar-refractivity contribution in [3.63, 3.8) is 0 Å². The highest BCUT2D eigenvalue weighted by atomic mass is 35.5. The zero-order valence-electron chi connectivity index (χ0n) is 20.2. The average Bonchev–Trinajstić information content (AvgIpc) is 2.88. The molecule has 8 nitrogen and oxygen atoms in total. The van der Waals surface area contributed by atoms with E-state index in [0.29, 0.717) is 36.6 Å². The largest absolute Gasteiger partial charge is 0.387 e. The van der Waals surface area contributed by atoms with Gasteiger partial charge in [0.2, 0.25) is 11.8 Å². The summed E-state index contributed by atoms with van der Waals surface area (Å²) in [5.74, 6) is -0.558. The fourth-order valence-corrected chi connectivity index (χ4v) is 4.52. The Labute approximate surface area is 211 Å². The molecule has 0 aliphatic carbocycles. The summed E-state index contributed by atoms with van der Waals surface area (Å²) in [7, 11) is 1.66. The summed E-state index contributed by atoms with van der Waals surface area (Å²) < 4.78 is 0. The number of amides is 4. The molecule has 2 aromatic rings. The molecule has 0 radical (unpaired) electrons. The van der Waals surface area contributed by atoms with Crippen LogP contribution in [0.25, 0.3) is 0 Å². The zero-order chi connectivity index (χ0) is 25.4. The van der Waals surface area contributed by atoms with E-state index in [0.717, 1.165) is 12.0 Å². The lowest BCUT2D eigenvalue weighted by atomic mass is 9.76. The third kappa shape index (κ3) is 6.74. The van der Waals surface area contributed by atoms with E-state index in [1.165, 1.54) is 10.5 Å². The maximum absolute atomic E-state index is 13.5. The maximum Gasteiger partial charge on any atom is 0.321 e. The minimum absolute atomic E-state index is 0.182. The second kappa shape index (κ2) is 12.0. The Kier molecular flexibility index (Phi) is 9.12. The first-order valence-corrected chi connectivity index (χ1v) is 12.2. The van der Waals surface area contributed by atoms with Gasteiger partial charge in [-0.2, -0.15) is 0 Å². The fourth-order valence-electron chi connectivity index (χ4n) is 4.31. The first-order valence-electron chi connectivity index (χ1n) is 11.8. The topological polar surface area (TPSA) is 102 Å². The molecule has 0 saturated carbocycles. The van der Waals surface area contributed by atoms with Gasteiger partial charge < -0.3 is 25.5 Å². The van der Waals surface area contributed by atoms with Crippen molar-refractivity contribution in [1.82, 2.24) is 15.1 Å². The number of benzene rings is 2. The quantitative estimate of drug-likeness (QED) is 0.517. The van der Waals surface area contributed by atoms with Crippen LogP contribution in [0, 0.1) is 5.41 Å². The summed E-state index contributed by atoms with van der Waals surface area (Å²) in [6.07, 6.45) is 1.65. The molecule has 0 aromatic heterocycles. The average molecular weight is 501 g/mol. The number of halogens is 1.